The summed E-state index contributed by atoms with van der Waals surface area (Å²) in [6.07, 6.45) is 2.03. The number of para-hydroxylation sites is 1. The Balaban J connectivity index is 1.60. The van der Waals surface area contributed by atoms with Crippen molar-refractivity contribution in [1.82, 2.24) is 4.98 Å². The number of hydrogen-bond acceptors (Lipinski definition) is 6. The molecule has 7 heteroatoms. The summed E-state index contributed by atoms with van der Waals surface area (Å²) in [6, 6.07) is 16.9. The molecule has 0 spiro atoms. The van der Waals surface area contributed by atoms with Gasteiger partial charge in [0.25, 0.3) is 5.91 Å². The van der Waals surface area contributed by atoms with Crippen LogP contribution in [0.25, 0.3) is 11.3 Å². The minimum absolute atomic E-state index is 0.184. The molecule has 0 unspecified atom stereocenters. The summed E-state index contributed by atoms with van der Waals surface area (Å²) in [4.78, 5) is 17.7. The lowest BCUT2D eigenvalue weighted by Gasteiger charge is -2.06. The Kier molecular flexibility index (Phi) is 5.89. The third-order valence-electron chi connectivity index (χ3n) is 3.50. The minimum Gasteiger partial charge on any atom is -0.482 e. The van der Waals surface area contributed by atoms with Crippen LogP contribution in [-0.4, -0.2) is 23.8 Å². The van der Waals surface area contributed by atoms with Gasteiger partial charge in [0.05, 0.1) is 11.3 Å². The van der Waals surface area contributed by atoms with Crippen molar-refractivity contribution in [2.24, 2.45) is 0 Å². The summed E-state index contributed by atoms with van der Waals surface area (Å²) in [6.45, 7) is -0.184. The SMILES string of the molecule is CSc1ccc(-c2csc(NC(=O)COc3ccccc3C#N)n2)cc1. The number of nitriles is 1. The smallest absolute Gasteiger partial charge is 0.264 e. The van der Waals surface area contributed by atoms with Crippen LogP contribution in [0.15, 0.2) is 58.8 Å². The monoisotopic (exact) mass is 381 g/mol. The van der Waals surface area contributed by atoms with Gasteiger partial charge in [-0.15, -0.1) is 23.1 Å². The molecule has 0 radical (unpaired) electrons. The van der Waals surface area contributed by atoms with Gasteiger partial charge in [-0.2, -0.15) is 5.26 Å². The van der Waals surface area contributed by atoms with Crippen LogP contribution in [0.1, 0.15) is 5.56 Å². The number of carbonyl (C=O) groups is 1. The van der Waals surface area contributed by atoms with E-state index in [0.29, 0.717) is 16.4 Å². The average molecular weight is 381 g/mol. The van der Waals surface area contributed by atoms with Crippen molar-refractivity contribution in [3.8, 4) is 23.1 Å². The second kappa shape index (κ2) is 8.52. The number of thiazole rings is 1. The topological polar surface area (TPSA) is 75.0 Å². The number of amides is 1. The van der Waals surface area contributed by atoms with Crippen molar-refractivity contribution in [1.29, 1.82) is 5.26 Å². The number of aromatic nitrogens is 1. The number of nitrogens with one attached hydrogen (secondary N) is 1. The quantitative estimate of drug-likeness (QED) is 0.640. The molecule has 0 aliphatic carbocycles. The highest BCUT2D eigenvalue weighted by Crippen LogP contribution is 2.26. The van der Waals surface area contributed by atoms with Gasteiger partial charge in [-0.25, -0.2) is 4.98 Å². The zero-order chi connectivity index (χ0) is 18.4. The van der Waals surface area contributed by atoms with Gasteiger partial charge in [-0.3, -0.25) is 10.1 Å². The van der Waals surface area contributed by atoms with Crippen LogP contribution in [-0.2, 0) is 4.79 Å². The van der Waals surface area contributed by atoms with E-state index in [1.807, 2.05) is 42.0 Å². The minimum atomic E-state index is -0.323. The van der Waals surface area contributed by atoms with Crippen molar-refractivity contribution in [2.45, 2.75) is 4.90 Å². The fourth-order valence-electron chi connectivity index (χ4n) is 2.21. The third kappa shape index (κ3) is 4.42. The van der Waals surface area contributed by atoms with E-state index in [1.165, 1.54) is 16.2 Å². The highest BCUT2D eigenvalue weighted by Gasteiger charge is 2.10. The Hall–Kier alpha value is -2.82. The molecule has 1 aromatic heterocycles. The molecule has 0 aliphatic heterocycles. The summed E-state index contributed by atoms with van der Waals surface area (Å²) in [5, 5.41) is 14.2. The molecule has 130 valence electrons. The number of carbonyl (C=O) groups excluding carboxylic acids is 1. The summed E-state index contributed by atoms with van der Waals surface area (Å²) < 4.78 is 5.42. The molecule has 0 fully saturated rings. The van der Waals surface area contributed by atoms with Crippen LogP contribution in [0.2, 0.25) is 0 Å². The number of benzene rings is 2. The molecule has 26 heavy (non-hydrogen) atoms. The van der Waals surface area contributed by atoms with Crippen molar-refractivity contribution < 1.29 is 9.53 Å². The van der Waals surface area contributed by atoms with E-state index < -0.39 is 0 Å². The maximum Gasteiger partial charge on any atom is 0.264 e. The molecule has 2 aromatic carbocycles. The van der Waals surface area contributed by atoms with E-state index in [-0.39, 0.29) is 12.5 Å². The number of thioether (sulfide) groups is 1. The van der Waals surface area contributed by atoms with Crippen LogP contribution in [0, 0.1) is 11.3 Å². The first-order valence-electron chi connectivity index (χ1n) is 7.71. The zero-order valence-corrected chi connectivity index (χ0v) is 15.6. The molecule has 5 nitrogen and oxygen atoms in total. The Morgan fingerprint density at radius 1 is 1.27 bits per heavy atom. The lowest BCUT2D eigenvalue weighted by molar-refractivity contribution is -0.118. The molecule has 3 rings (SSSR count). The molecule has 0 atom stereocenters. The first-order chi connectivity index (χ1) is 12.7. The molecule has 0 bridgehead atoms. The third-order valence-corrected chi connectivity index (χ3v) is 5.00. The molecular weight excluding hydrogens is 366 g/mol. The predicted octanol–water partition coefficient (Wildman–Crippen LogP) is 4.42. The van der Waals surface area contributed by atoms with Crippen molar-refractivity contribution in [3.63, 3.8) is 0 Å². The van der Waals surface area contributed by atoms with E-state index in [9.17, 15) is 4.79 Å². The fourth-order valence-corrected chi connectivity index (χ4v) is 3.35. The van der Waals surface area contributed by atoms with Gasteiger partial charge in [0.15, 0.2) is 11.7 Å². The standard InChI is InChI=1S/C19H15N3O2S2/c1-25-15-8-6-13(7-9-15)16-12-26-19(21-16)22-18(23)11-24-17-5-3-2-4-14(17)10-20/h2-9,12H,11H2,1H3,(H,21,22,23). The first-order valence-corrected chi connectivity index (χ1v) is 9.82. The highest BCUT2D eigenvalue weighted by atomic mass is 32.2. The van der Waals surface area contributed by atoms with E-state index in [2.05, 4.69) is 10.3 Å². The second-order valence-corrected chi connectivity index (χ2v) is 6.95. The van der Waals surface area contributed by atoms with Gasteiger partial charge >= 0.3 is 0 Å². The van der Waals surface area contributed by atoms with Crippen molar-refractivity contribution >= 4 is 34.1 Å². The normalized spacial score (nSPS) is 10.2. The van der Waals surface area contributed by atoms with Crippen LogP contribution < -0.4 is 10.1 Å². The van der Waals surface area contributed by atoms with Gasteiger partial charge in [0.2, 0.25) is 0 Å². The highest BCUT2D eigenvalue weighted by molar-refractivity contribution is 7.98. The van der Waals surface area contributed by atoms with Crippen molar-refractivity contribution in [3.05, 3.63) is 59.5 Å². The molecule has 1 heterocycles. The van der Waals surface area contributed by atoms with Crippen LogP contribution >= 0.6 is 23.1 Å². The summed E-state index contributed by atoms with van der Waals surface area (Å²) in [5.74, 6) is 0.0650. The number of rotatable bonds is 6. The summed E-state index contributed by atoms with van der Waals surface area (Å²) in [7, 11) is 0. The van der Waals surface area contributed by atoms with Gasteiger partial charge in [-0.1, -0.05) is 24.3 Å². The number of ether oxygens (including phenoxy) is 1. The second-order valence-electron chi connectivity index (χ2n) is 5.21. The Morgan fingerprint density at radius 3 is 2.77 bits per heavy atom. The molecule has 1 amide bonds. The Labute approximate surface area is 159 Å². The van der Waals surface area contributed by atoms with Crippen LogP contribution in [0.5, 0.6) is 5.75 Å². The lowest BCUT2D eigenvalue weighted by Crippen LogP contribution is -2.20. The number of hydrogen-bond donors (Lipinski definition) is 1. The van der Waals surface area contributed by atoms with Gasteiger partial charge < -0.3 is 4.74 Å². The van der Waals surface area contributed by atoms with Crippen LogP contribution in [0.3, 0.4) is 0 Å². The number of nitrogens with zero attached hydrogens (tertiary/aromatic N) is 2. The van der Waals surface area contributed by atoms with Crippen LogP contribution in [0.4, 0.5) is 5.13 Å². The lowest BCUT2D eigenvalue weighted by atomic mass is 10.2. The zero-order valence-electron chi connectivity index (χ0n) is 13.9. The maximum absolute atomic E-state index is 12.1. The van der Waals surface area contributed by atoms with E-state index in [4.69, 9.17) is 10.00 Å². The van der Waals surface area contributed by atoms with E-state index >= 15 is 0 Å². The van der Waals surface area contributed by atoms with Gasteiger partial charge in [0.1, 0.15) is 11.8 Å². The van der Waals surface area contributed by atoms with Gasteiger partial charge in [0, 0.05) is 15.8 Å². The largest absolute Gasteiger partial charge is 0.482 e. The Bertz CT molecular complexity index is 946. The molecule has 0 aliphatic rings. The van der Waals surface area contributed by atoms with Crippen molar-refractivity contribution in [2.75, 3.05) is 18.2 Å². The van der Waals surface area contributed by atoms with Gasteiger partial charge in [-0.05, 0) is 30.5 Å². The number of anilines is 1. The maximum atomic E-state index is 12.1. The Morgan fingerprint density at radius 2 is 2.04 bits per heavy atom. The fraction of sp³-hybridized carbons (Fsp3) is 0.105. The molecule has 1 N–H and O–H groups in total. The van der Waals surface area contributed by atoms with E-state index in [0.717, 1.165) is 11.3 Å². The predicted molar refractivity (Wildman–Crippen MR) is 105 cm³/mol. The summed E-state index contributed by atoms with van der Waals surface area (Å²) in [5.41, 5.74) is 2.21. The summed E-state index contributed by atoms with van der Waals surface area (Å²) >= 11 is 3.04. The molecule has 0 saturated carbocycles. The first kappa shape index (κ1) is 18.0. The van der Waals surface area contributed by atoms with E-state index in [1.54, 1.807) is 36.0 Å². The molecule has 0 saturated heterocycles. The molecule has 3 aromatic rings. The molecular formula is C19H15N3O2S2. The average Bonchev–Trinajstić information content (AvgIpc) is 3.15.